The number of esters is 1. The minimum Gasteiger partial charge on any atom is -0.459 e. The Morgan fingerprint density at radius 3 is 2.76 bits per heavy atom. The number of rotatable bonds is 4. The predicted molar refractivity (Wildman–Crippen MR) is 70.7 cm³/mol. The molecule has 4 nitrogen and oxygen atoms in total. The molecule has 0 bridgehead atoms. The number of nitrogens with zero attached hydrogens (tertiary/aromatic N) is 1. The lowest BCUT2D eigenvalue weighted by atomic mass is 10.2. The molecule has 2 N–H and O–H groups in total. The van der Waals surface area contributed by atoms with Gasteiger partial charge in [0, 0.05) is 5.75 Å². The maximum atomic E-state index is 11.4. The van der Waals surface area contributed by atoms with Crippen molar-refractivity contribution in [2.45, 2.75) is 32.1 Å². The van der Waals surface area contributed by atoms with Crippen LogP contribution in [-0.4, -0.2) is 22.3 Å². The van der Waals surface area contributed by atoms with Crippen molar-refractivity contribution in [2.75, 3.05) is 11.5 Å². The van der Waals surface area contributed by atoms with Gasteiger partial charge in [-0.2, -0.15) is 0 Å². The third-order valence-electron chi connectivity index (χ3n) is 1.72. The molecule has 0 radical (unpaired) electrons. The summed E-state index contributed by atoms with van der Waals surface area (Å²) in [5, 5.41) is 0. The van der Waals surface area contributed by atoms with Crippen molar-refractivity contribution in [2.24, 2.45) is 0 Å². The fraction of sp³-hybridized carbons (Fsp3) is 0.500. The van der Waals surface area contributed by atoms with Crippen LogP contribution in [0.2, 0.25) is 0 Å². The van der Waals surface area contributed by atoms with Crippen LogP contribution in [0.1, 0.15) is 26.5 Å². The zero-order valence-corrected chi connectivity index (χ0v) is 11.2. The summed E-state index contributed by atoms with van der Waals surface area (Å²) in [6.07, 6.45) is 0. The van der Waals surface area contributed by atoms with Crippen LogP contribution in [0.5, 0.6) is 0 Å². The summed E-state index contributed by atoms with van der Waals surface area (Å²) in [7, 11) is 0. The molecule has 0 spiro atoms. The average molecular weight is 254 g/mol. The monoisotopic (exact) mass is 254 g/mol. The van der Waals surface area contributed by atoms with E-state index in [0.29, 0.717) is 17.3 Å². The molecule has 0 fully saturated rings. The molecule has 17 heavy (non-hydrogen) atoms. The molecule has 1 aromatic rings. The minimum absolute atomic E-state index is 0.202. The van der Waals surface area contributed by atoms with E-state index >= 15 is 0 Å². The molecule has 0 saturated carbocycles. The second kappa shape index (κ2) is 5.91. The number of hydrogen-bond acceptors (Lipinski definition) is 5. The van der Waals surface area contributed by atoms with Crippen molar-refractivity contribution in [1.29, 1.82) is 0 Å². The van der Waals surface area contributed by atoms with Crippen LogP contribution >= 0.6 is 11.8 Å². The molecule has 0 atom stereocenters. The normalized spacial score (nSPS) is 11.2. The smallest absolute Gasteiger partial charge is 0.316 e. The standard InChI is InChI=1S/C12H18N2O2S/c1-12(2,3)16-11(15)8-17-7-9-5-4-6-10(13)14-9/h4-6H,7-8H2,1-3H3,(H2,13,14). The molecule has 0 aromatic carbocycles. The van der Waals surface area contributed by atoms with Gasteiger partial charge in [0.05, 0.1) is 11.4 Å². The van der Waals surface area contributed by atoms with Gasteiger partial charge in [-0.25, -0.2) is 4.98 Å². The van der Waals surface area contributed by atoms with E-state index in [1.807, 2.05) is 32.9 Å². The number of anilines is 1. The first-order chi connectivity index (χ1) is 7.87. The number of thioether (sulfide) groups is 1. The Morgan fingerprint density at radius 1 is 1.47 bits per heavy atom. The number of ether oxygens (including phenoxy) is 1. The fourth-order valence-corrected chi connectivity index (χ4v) is 1.89. The van der Waals surface area contributed by atoms with Crippen molar-refractivity contribution in [3.63, 3.8) is 0 Å². The van der Waals surface area contributed by atoms with Crippen LogP contribution in [0.15, 0.2) is 18.2 Å². The Labute approximate surface area is 106 Å². The van der Waals surface area contributed by atoms with E-state index in [0.717, 1.165) is 5.69 Å². The maximum absolute atomic E-state index is 11.4. The molecule has 0 unspecified atom stereocenters. The Bertz CT molecular complexity index is 388. The van der Waals surface area contributed by atoms with Crippen molar-refractivity contribution in [3.05, 3.63) is 23.9 Å². The van der Waals surface area contributed by atoms with Gasteiger partial charge in [-0.3, -0.25) is 4.79 Å². The highest BCUT2D eigenvalue weighted by Gasteiger charge is 2.15. The molecule has 0 amide bonds. The molecule has 0 aliphatic heterocycles. The fourth-order valence-electron chi connectivity index (χ4n) is 1.19. The lowest BCUT2D eigenvalue weighted by molar-refractivity contribution is -0.151. The Balaban J connectivity index is 2.31. The Morgan fingerprint density at radius 2 is 2.18 bits per heavy atom. The number of carbonyl (C=O) groups excluding carboxylic acids is 1. The summed E-state index contributed by atoms with van der Waals surface area (Å²) in [4.78, 5) is 15.6. The highest BCUT2D eigenvalue weighted by Crippen LogP contribution is 2.14. The van der Waals surface area contributed by atoms with E-state index in [9.17, 15) is 4.79 Å². The van der Waals surface area contributed by atoms with Crippen molar-refractivity contribution >= 4 is 23.5 Å². The number of hydrogen-bond donors (Lipinski definition) is 1. The van der Waals surface area contributed by atoms with E-state index in [1.165, 1.54) is 11.8 Å². The molecular weight excluding hydrogens is 236 g/mol. The second-order valence-corrected chi connectivity index (χ2v) is 5.62. The molecule has 0 aliphatic rings. The quantitative estimate of drug-likeness (QED) is 0.835. The summed E-state index contributed by atoms with van der Waals surface area (Å²) >= 11 is 1.47. The van der Waals surface area contributed by atoms with Gasteiger partial charge in [-0.1, -0.05) is 6.07 Å². The van der Waals surface area contributed by atoms with Gasteiger partial charge >= 0.3 is 5.97 Å². The molecule has 1 aromatic heterocycles. The average Bonchev–Trinajstić information content (AvgIpc) is 2.14. The molecule has 94 valence electrons. The molecule has 0 saturated heterocycles. The summed E-state index contributed by atoms with van der Waals surface area (Å²) in [6.45, 7) is 5.57. The lowest BCUT2D eigenvalue weighted by Crippen LogP contribution is -2.24. The van der Waals surface area contributed by atoms with Crippen molar-refractivity contribution < 1.29 is 9.53 Å². The highest BCUT2D eigenvalue weighted by atomic mass is 32.2. The first-order valence-electron chi connectivity index (χ1n) is 5.38. The number of nitrogen functional groups attached to an aromatic ring is 1. The molecule has 1 heterocycles. The van der Waals surface area contributed by atoms with Gasteiger partial charge in [0.1, 0.15) is 11.4 Å². The number of carbonyl (C=O) groups is 1. The second-order valence-electron chi connectivity index (χ2n) is 4.63. The molecule has 1 rings (SSSR count). The van der Waals surface area contributed by atoms with Gasteiger partial charge in [0.2, 0.25) is 0 Å². The largest absolute Gasteiger partial charge is 0.459 e. The van der Waals surface area contributed by atoms with Crippen LogP contribution in [-0.2, 0) is 15.3 Å². The van der Waals surface area contributed by atoms with Crippen molar-refractivity contribution in [1.82, 2.24) is 4.98 Å². The van der Waals surface area contributed by atoms with Crippen LogP contribution < -0.4 is 5.73 Å². The van der Waals surface area contributed by atoms with E-state index in [2.05, 4.69) is 4.98 Å². The topological polar surface area (TPSA) is 65.2 Å². The Hall–Kier alpha value is -1.23. The van der Waals surface area contributed by atoms with Gasteiger partial charge < -0.3 is 10.5 Å². The first-order valence-corrected chi connectivity index (χ1v) is 6.53. The summed E-state index contributed by atoms with van der Waals surface area (Å²) in [5.74, 6) is 1.28. The van der Waals surface area contributed by atoms with Gasteiger partial charge in [-0.05, 0) is 32.9 Å². The Kier molecular flexibility index (Phi) is 4.81. The van der Waals surface area contributed by atoms with Crippen molar-refractivity contribution in [3.8, 4) is 0 Å². The van der Waals surface area contributed by atoms with Gasteiger partial charge in [-0.15, -0.1) is 11.8 Å². The molecular formula is C12H18N2O2S. The maximum Gasteiger partial charge on any atom is 0.316 e. The predicted octanol–water partition coefficient (Wildman–Crippen LogP) is 2.24. The summed E-state index contributed by atoms with van der Waals surface area (Å²) in [6, 6.07) is 5.48. The summed E-state index contributed by atoms with van der Waals surface area (Å²) < 4.78 is 5.19. The zero-order chi connectivity index (χ0) is 12.9. The number of aromatic nitrogens is 1. The zero-order valence-electron chi connectivity index (χ0n) is 10.4. The van der Waals surface area contributed by atoms with E-state index in [4.69, 9.17) is 10.5 Å². The highest BCUT2D eigenvalue weighted by molar-refractivity contribution is 7.99. The number of nitrogens with two attached hydrogens (primary N) is 1. The summed E-state index contributed by atoms with van der Waals surface area (Å²) in [5.41, 5.74) is 6.01. The van der Waals surface area contributed by atoms with E-state index < -0.39 is 5.60 Å². The molecule has 5 heteroatoms. The lowest BCUT2D eigenvalue weighted by Gasteiger charge is -2.19. The van der Waals surface area contributed by atoms with E-state index in [1.54, 1.807) is 6.07 Å². The third-order valence-corrected chi connectivity index (χ3v) is 2.66. The molecule has 0 aliphatic carbocycles. The minimum atomic E-state index is -0.424. The van der Waals surface area contributed by atoms with Crippen LogP contribution in [0.25, 0.3) is 0 Å². The third kappa shape index (κ3) is 6.16. The van der Waals surface area contributed by atoms with Crippen LogP contribution in [0, 0.1) is 0 Å². The van der Waals surface area contributed by atoms with E-state index in [-0.39, 0.29) is 5.97 Å². The van der Waals surface area contributed by atoms with Crippen LogP contribution in [0.4, 0.5) is 5.82 Å². The SMILES string of the molecule is CC(C)(C)OC(=O)CSCc1cccc(N)n1. The van der Waals surface area contributed by atoms with Gasteiger partial charge in [0.25, 0.3) is 0 Å². The van der Waals surface area contributed by atoms with Gasteiger partial charge in [0.15, 0.2) is 0 Å². The number of pyridine rings is 1. The first kappa shape index (κ1) is 13.8. The van der Waals surface area contributed by atoms with Crippen LogP contribution in [0.3, 0.4) is 0 Å².